The fourth-order valence-electron chi connectivity index (χ4n) is 3.52. The highest BCUT2D eigenvalue weighted by molar-refractivity contribution is 6.06. The Hall–Kier alpha value is -3.87. The third-order valence-electron chi connectivity index (χ3n) is 4.95. The van der Waals surface area contributed by atoms with E-state index >= 15 is 0 Å². The van der Waals surface area contributed by atoms with E-state index in [1.54, 1.807) is 12.1 Å². The molecule has 7 heteroatoms. The number of primary amides is 1. The predicted octanol–water partition coefficient (Wildman–Crippen LogP) is 2.06. The SMILES string of the molecule is C=C(CN1Cc2c(-c3ccc4nc(N)ccc4c3)ccc(N)c2C1=O)C(N)=O. The number of rotatable bonds is 4. The zero-order valence-corrected chi connectivity index (χ0v) is 15.1. The lowest BCUT2D eigenvalue weighted by molar-refractivity contribution is -0.114. The number of hydrogen-bond acceptors (Lipinski definition) is 5. The van der Waals surface area contributed by atoms with Gasteiger partial charge >= 0.3 is 0 Å². The first kappa shape index (κ1) is 17.5. The van der Waals surface area contributed by atoms with Crippen LogP contribution in [0.4, 0.5) is 11.5 Å². The minimum atomic E-state index is -0.627. The van der Waals surface area contributed by atoms with E-state index in [-0.39, 0.29) is 18.0 Å². The normalized spacial score (nSPS) is 13.0. The van der Waals surface area contributed by atoms with Crippen molar-refractivity contribution in [2.24, 2.45) is 5.73 Å². The van der Waals surface area contributed by atoms with Gasteiger partial charge in [-0.1, -0.05) is 18.7 Å². The zero-order chi connectivity index (χ0) is 20.0. The van der Waals surface area contributed by atoms with Crippen LogP contribution < -0.4 is 17.2 Å². The molecule has 0 aliphatic carbocycles. The van der Waals surface area contributed by atoms with Crippen LogP contribution in [0, 0.1) is 0 Å². The lowest BCUT2D eigenvalue weighted by atomic mass is 9.95. The van der Waals surface area contributed by atoms with Gasteiger partial charge in [-0.2, -0.15) is 0 Å². The van der Waals surface area contributed by atoms with Crippen LogP contribution >= 0.6 is 0 Å². The second-order valence-corrected chi connectivity index (χ2v) is 6.83. The molecule has 0 radical (unpaired) electrons. The number of amides is 2. The van der Waals surface area contributed by atoms with Crippen molar-refractivity contribution in [1.29, 1.82) is 0 Å². The molecule has 140 valence electrons. The number of aromatic nitrogens is 1. The van der Waals surface area contributed by atoms with E-state index in [1.807, 2.05) is 30.3 Å². The minimum absolute atomic E-state index is 0.0721. The van der Waals surface area contributed by atoms with Crippen LogP contribution in [0.25, 0.3) is 22.0 Å². The Morgan fingerprint density at radius 2 is 1.93 bits per heavy atom. The summed E-state index contributed by atoms with van der Waals surface area (Å²) in [5, 5.41) is 0.945. The molecule has 1 aliphatic rings. The van der Waals surface area contributed by atoms with Crippen molar-refractivity contribution in [2.45, 2.75) is 6.54 Å². The van der Waals surface area contributed by atoms with E-state index in [2.05, 4.69) is 11.6 Å². The van der Waals surface area contributed by atoms with Gasteiger partial charge in [0.05, 0.1) is 17.6 Å². The van der Waals surface area contributed by atoms with Crippen molar-refractivity contribution in [2.75, 3.05) is 18.0 Å². The van der Waals surface area contributed by atoms with Crippen LogP contribution in [0.15, 0.2) is 54.6 Å². The molecule has 0 fully saturated rings. The summed E-state index contributed by atoms with van der Waals surface area (Å²) in [6, 6.07) is 13.1. The van der Waals surface area contributed by atoms with Crippen LogP contribution in [0.5, 0.6) is 0 Å². The minimum Gasteiger partial charge on any atom is -0.398 e. The predicted molar refractivity (Wildman–Crippen MR) is 109 cm³/mol. The topological polar surface area (TPSA) is 128 Å². The Labute approximate surface area is 161 Å². The third-order valence-corrected chi connectivity index (χ3v) is 4.95. The first-order valence-corrected chi connectivity index (χ1v) is 8.70. The second kappa shape index (κ2) is 6.38. The molecule has 4 rings (SSSR count). The molecule has 0 unspecified atom stereocenters. The zero-order valence-electron chi connectivity index (χ0n) is 15.1. The van der Waals surface area contributed by atoms with Gasteiger partial charge in [-0.15, -0.1) is 0 Å². The quantitative estimate of drug-likeness (QED) is 0.476. The van der Waals surface area contributed by atoms with Gasteiger partial charge in [-0.05, 0) is 47.0 Å². The smallest absolute Gasteiger partial charge is 0.256 e. The summed E-state index contributed by atoms with van der Waals surface area (Å²) in [4.78, 5) is 30.0. The molecule has 0 spiro atoms. The summed E-state index contributed by atoms with van der Waals surface area (Å²) in [6.07, 6.45) is 0. The first-order valence-electron chi connectivity index (χ1n) is 8.70. The number of carbonyl (C=O) groups excluding carboxylic acids is 2. The molecule has 2 heterocycles. The van der Waals surface area contributed by atoms with Crippen LogP contribution in [0.1, 0.15) is 15.9 Å². The highest BCUT2D eigenvalue weighted by Crippen LogP contribution is 2.37. The van der Waals surface area contributed by atoms with Crippen LogP contribution in [0.2, 0.25) is 0 Å². The monoisotopic (exact) mass is 373 g/mol. The maximum Gasteiger partial charge on any atom is 0.256 e. The Morgan fingerprint density at radius 3 is 2.68 bits per heavy atom. The molecule has 1 aromatic heterocycles. The average Bonchev–Trinajstić information content (AvgIpc) is 2.98. The van der Waals surface area contributed by atoms with E-state index in [4.69, 9.17) is 17.2 Å². The number of nitrogen functional groups attached to an aromatic ring is 2. The van der Waals surface area contributed by atoms with Gasteiger partial charge in [-0.25, -0.2) is 4.98 Å². The largest absolute Gasteiger partial charge is 0.398 e. The summed E-state index contributed by atoms with van der Waals surface area (Å²) in [5.74, 6) is -0.394. The third kappa shape index (κ3) is 2.83. The van der Waals surface area contributed by atoms with E-state index in [9.17, 15) is 9.59 Å². The van der Waals surface area contributed by atoms with Crippen molar-refractivity contribution in [3.63, 3.8) is 0 Å². The van der Waals surface area contributed by atoms with Gasteiger partial charge in [0, 0.05) is 23.2 Å². The number of fused-ring (bicyclic) bond motifs is 2. The van der Waals surface area contributed by atoms with Gasteiger partial charge in [0.15, 0.2) is 0 Å². The highest BCUT2D eigenvalue weighted by Gasteiger charge is 2.32. The number of hydrogen-bond donors (Lipinski definition) is 3. The molecule has 7 nitrogen and oxygen atoms in total. The number of nitrogens with two attached hydrogens (primary N) is 3. The van der Waals surface area contributed by atoms with Crippen molar-refractivity contribution in [1.82, 2.24) is 9.88 Å². The lowest BCUT2D eigenvalue weighted by Crippen LogP contribution is -2.30. The molecule has 28 heavy (non-hydrogen) atoms. The van der Waals surface area contributed by atoms with E-state index in [0.717, 1.165) is 27.6 Å². The summed E-state index contributed by atoms with van der Waals surface area (Å²) >= 11 is 0. The maximum atomic E-state index is 12.8. The summed E-state index contributed by atoms with van der Waals surface area (Å²) < 4.78 is 0. The van der Waals surface area contributed by atoms with Crippen LogP contribution in [0.3, 0.4) is 0 Å². The molecule has 0 bridgehead atoms. The molecular weight excluding hydrogens is 354 g/mol. The molecular formula is C21H19N5O2. The van der Waals surface area contributed by atoms with Crippen molar-refractivity contribution in [3.05, 3.63) is 65.7 Å². The van der Waals surface area contributed by atoms with Crippen molar-refractivity contribution >= 4 is 34.2 Å². The number of carbonyl (C=O) groups is 2. The average molecular weight is 373 g/mol. The van der Waals surface area contributed by atoms with Crippen LogP contribution in [-0.4, -0.2) is 28.2 Å². The number of pyridine rings is 1. The highest BCUT2D eigenvalue weighted by atomic mass is 16.2. The summed E-state index contributed by atoms with van der Waals surface area (Å²) in [6.45, 7) is 4.05. The Balaban J connectivity index is 1.78. The van der Waals surface area contributed by atoms with Gasteiger partial charge in [0.25, 0.3) is 5.91 Å². The van der Waals surface area contributed by atoms with E-state index in [0.29, 0.717) is 23.6 Å². The second-order valence-electron chi connectivity index (χ2n) is 6.83. The first-order chi connectivity index (χ1) is 13.3. The fourth-order valence-corrected chi connectivity index (χ4v) is 3.52. The number of anilines is 2. The molecule has 6 N–H and O–H groups in total. The number of benzene rings is 2. The molecule has 0 saturated heterocycles. The molecule has 0 saturated carbocycles. The van der Waals surface area contributed by atoms with Gasteiger partial charge < -0.3 is 22.1 Å². The molecule has 0 atom stereocenters. The van der Waals surface area contributed by atoms with Crippen LogP contribution in [-0.2, 0) is 11.3 Å². The molecule has 2 amide bonds. The van der Waals surface area contributed by atoms with Crippen molar-refractivity contribution in [3.8, 4) is 11.1 Å². The standard InChI is InChI=1S/C21H19N5O2/c1-11(20(24)27)9-26-10-15-14(4-5-16(22)19(15)21(26)28)12-2-6-17-13(8-12)3-7-18(23)25-17/h2-8H,1,9-10,22H2,(H2,23,25)(H2,24,27). The lowest BCUT2D eigenvalue weighted by Gasteiger charge is -2.15. The Kier molecular flexibility index (Phi) is 4.00. The maximum absolute atomic E-state index is 12.8. The van der Waals surface area contributed by atoms with Crippen molar-refractivity contribution < 1.29 is 9.59 Å². The fraction of sp³-hybridized carbons (Fsp3) is 0.0952. The van der Waals surface area contributed by atoms with E-state index in [1.165, 1.54) is 4.90 Å². The molecule has 3 aromatic rings. The van der Waals surface area contributed by atoms with Gasteiger partial charge in [-0.3, -0.25) is 9.59 Å². The van der Waals surface area contributed by atoms with Gasteiger partial charge in [0.2, 0.25) is 5.91 Å². The molecule has 2 aromatic carbocycles. The van der Waals surface area contributed by atoms with E-state index < -0.39 is 5.91 Å². The summed E-state index contributed by atoms with van der Waals surface area (Å²) in [7, 11) is 0. The van der Waals surface area contributed by atoms with Gasteiger partial charge in [0.1, 0.15) is 5.82 Å². The Bertz CT molecular complexity index is 1170. The number of nitrogens with zero attached hydrogens (tertiary/aromatic N) is 2. The Morgan fingerprint density at radius 1 is 1.14 bits per heavy atom. The molecule has 1 aliphatic heterocycles. The summed E-state index contributed by atoms with van der Waals surface area (Å²) in [5.41, 5.74) is 21.6.